The maximum absolute atomic E-state index is 12.4. The second-order valence-electron chi connectivity index (χ2n) is 6.40. The summed E-state index contributed by atoms with van der Waals surface area (Å²) < 4.78 is 5.94. The van der Waals surface area contributed by atoms with Crippen LogP contribution in [0.1, 0.15) is 38.3 Å². The van der Waals surface area contributed by atoms with E-state index in [2.05, 4.69) is 26.2 Å². The average Bonchev–Trinajstić information content (AvgIpc) is 3.32. The molecule has 0 saturated heterocycles. The van der Waals surface area contributed by atoms with Crippen molar-refractivity contribution < 1.29 is 19.4 Å². The topological polar surface area (TPSA) is 91.8 Å². The highest BCUT2D eigenvalue weighted by Gasteiger charge is 2.49. The molecule has 2 heterocycles. The molecule has 1 aliphatic heterocycles. The van der Waals surface area contributed by atoms with Crippen molar-refractivity contribution in [3.63, 3.8) is 0 Å². The van der Waals surface area contributed by atoms with Crippen molar-refractivity contribution in [3.05, 3.63) is 16.2 Å². The van der Waals surface area contributed by atoms with Gasteiger partial charge in [-0.3, -0.25) is 4.79 Å². The van der Waals surface area contributed by atoms with Crippen molar-refractivity contribution in [1.82, 2.24) is 10.3 Å². The van der Waals surface area contributed by atoms with Gasteiger partial charge in [-0.05, 0) is 40.8 Å². The number of aromatic nitrogens is 1. The SMILES string of the molecule is COc1nc(Br)cc2c1N(C(C)=O)[C@H](C1CC1)[C@H](C)[C@H]2NC(=O)O. The standard InChI is InChI=1S/C16H20BrN3O4/c1-7-12(19-16(22)23)10-6-11(17)18-15(24-3)14(10)20(8(2)21)13(7)9-4-5-9/h6-7,9,12-13,19H,4-5H2,1-3H3,(H,22,23)/t7-,12-,13+/m1/s1. The molecule has 0 unspecified atom stereocenters. The Kier molecular flexibility index (Phi) is 4.42. The van der Waals surface area contributed by atoms with Gasteiger partial charge < -0.3 is 20.1 Å². The number of nitrogens with one attached hydrogen (secondary N) is 1. The second kappa shape index (κ2) is 6.23. The Labute approximate surface area is 148 Å². The monoisotopic (exact) mass is 397 g/mol. The fourth-order valence-corrected chi connectivity index (χ4v) is 4.18. The van der Waals surface area contributed by atoms with Crippen LogP contribution in [-0.2, 0) is 4.79 Å². The molecule has 2 N–H and O–H groups in total. The van der Waals surface area contributed by atoms with Gasteiger partial charge in [-0.1, -0.05) is 6.92 Å². The third kappa shape index (κ3) is 2.83. The van der Waals surface area contributed by atoms with Gasteiger partial charge in [0.1, 0.15) is 10.3 Å². The van der Waals surface area contributed by atoms with E-state index in [-0.39, 0.29) is 17.9 Å². The van der Waals surface area contributed by atoms with Gasteiger partial charge in [0.05, 0.1) is 13.2 Å². The van der Waals surface area contributed by atoms with Gasteiger partial charge in [-0.15, -0.1) is 0 Å². The fraction of sp³-hybridized carbons (Fsp3) is 0.562. The minimum absolute atomic E-state index is 0.0518. The lowest BCUT2D eigenvalue weighted by molar-refractivity contribution is -0.117. The van der Waals surface area contributed by atoms with E-state index in [1.54, 1.807) is 11.0 Å². The molecular weight excluding hydrogens is 378 g/mol. The van der Waals surface area contributed by atoms with Crippen LogP contribution in [0.15, 0.2) is 10.7 Å². The molecule has 0 aromatic carbocycles. The molecule has 1 fully saturated rings. The number of anilines is 1. The van der Waals surface area contributed by atoms with Crippen molar-refractivity contribution in [3.8, 4) is 5.88 Å². The lowest BCUT2D eigenvalue weighted by Gasteiger charge is -2.45. The molecule has 0 spiro atoms. The zero-order chi connectivity index (χ0) is 17.6. The molecule has 3 atom stereocenters. The number of carboxylic acid groups (broad SMARTS) is 1. The van der Waals surface area contributed by atoms with Crippen molar-refractivity contribution in [2.45, 2.75) is 38.8 Å². The molecular formula is C16H20BrN3O4. The first-order valence-corrected chi connectivity index (χ1v) is 8.68. The molecule has 2 amide bonds. The van der Waals surface area contributed by atoms with Crippen LogP contribution >= 0.6 is 15.9 Å². The van der Waals surface area contributed by atoms with Crippen molar-refractivity contribution >= 4 is 33.6 Å². The largest absolute Gasteiger partial charge is 0.479 e. The third-order valence-corrected chi connectivity index (χ3v) is 5.22. The Hall–Kier alpha value is -1.83. The summed E-state index contributed by atoms with van der Waals surface area (Å²) >= 11 is 3.34. The Bertz CT molecular complexity index is 692. The number of methoxy groups -OCH3 is 1. The number of pyridine rings is 1. The Morgan fingerprint density at radius 1 is 1.46 bits per heavy atom. The maximum atomic E-state index is 12.4. The Morgan fingerprint density at radius 3 is 2.62 bits per heavy atom. The van der Waals surface area contributed by atoms with Crippen LogP contribution in [0.5, 0.6) is 5.88 Å². The number of amides is 2. The number of hydrogen-bond acceptors (Lipinski definition) is 4. The summed E-state index contributed by atoms with van der Waals surface area (Å²) in [6.07, 6.45) is 0.996. The smallest absolute Gasteiger partial charge is 0.405 e. The van der Waals surface area contributed by atoms with Crippen LogP contribution in [-0.4, -0.2) is 35.2 Å². The first-order valence-electron chi connectivity index (χ1n) is 7.88. The van der Waals surface area contributed by atoms with E-state index < -0.39 is 12.1 Å². The summed E-state index contributed by atoms with van der Waals surface area (Å²) in [6.45, 7) is 3.52. The van der Waals surface area contributed by atoms with Crippen molar-refractivity contribution in [2.24, 2.45) is 11.8 Å². The molecule has 1 aromatic heterocycles. The summed E-state index contributed by atoms with van der Waals surface area (Å²) in [5, 5.41) is 11.9. The number of carbonyl (C=O) groups excluding carboxylic acids is 1. The van der Waals surface area contributed by atoms with E-state index >= 15 is 0 Å². The number of hydrogen-bond donors (Lipinski definition) is 2. The van der Waals surface area contributed by atoms with Crippen molar-refractivity contribution in [1.29, 1.82) is 0 Å². The van der Waals surface area contributed by atoms with Crippen LogP contribution in [0, 0.1) is 11.8 Å². The summed E-state index contributed by atoms with van der Waals surface area (Å²) in [5.74, 6) is 0.563. The molecule has 8 heteroatoms. The van der Waals surface area contributed by atoms with E-state index in [0.29, 0.717) is 27.7 Å². The van der Waals surface area contributed by atoms with Gasteiger partial charge in [-0.25, -0.2) is 9.78 Å². The summed E-state index contributed by atoms with van der Waals surface area (Å²) in [7, 11) is 1.50. The number of halogens is 1. The molecule has 2 aliphatic rings. The van der Waals surface area contributed by atoms with Crippen LogP contribution < -0.4 is 15.0 Å². The summed E-state index contributed by atoms with van der Waals surface area (Å²) in [6, 6.07) is 1.27. The number of nitrogens with zero attached hydrogens (tertiary/aromatic N) is 2. The highest BCUT2D eigenvalue weighted by molar-refractivity contribution is 9.10. The van der Waals surface area contributed by atoms with Crippen LogP contribution in [0.2, 0.25) is 0 Å². The van der Waals surface area contributed by atoms with Gasteiger partial charge in [0.25, 0.3) is 0 Å². The highest BCUT2D eigenvalue weighted by Crippen LogP contribution is 2.51. The third-order valence-electron chi connectivity index (χ3n) is 4.81. The zero-order valence-electron chi connectivity index (χ0n) is 13.7. The fourth-order valence-electron chi connectivity index (χ4n) is 3.78. The molecule has 1 aromatic rings. The van der Waals surface area contributed by atoms with Gasteiger partial charge >= 0.3 is 6.09 Å². The predicted molar refractivity (Wildman–Crippen MR) is 91.2 cm³/mol. The molecule has 0 radical (unpaired) electrons. The maximum Gasteiger partial charge on any atom is 0.405 e. The number of carbonyl (C=O) groups is 2. The molecule has 1 saturated carbocycles. The van der Waals surface area contributed by atoms with Gasteiger partial charge in [-0.2, -0.15) is 0 Å². The summed E-state index contributed by atoms with van der Waals surface area (Å²) in [5.41, 5.74) is 1.28. The normalized spacial score (nSPS) is 25.8. The second-order valence-corrected chi connectivity index (χ2v) is 7.21. The van der Waals surface area contributed by atoms with E-state index in [1.165, 1.54) is 14.0 Å². The average molecular weight is 398 g/mol. The first-order chi connectivity index (χ1) is 11.3. The predicted octanol–water partition coefficient (Wildman–Crippen LogP) is 2.94. The van der Waals surface area contributed by atoms with E-state index in [4.69, 9.17) is 4.74 Å². The number of fused-ring (bicyclic) bond motifs is 1. The lowest BCUT2D eigenvalue weighted by Crippen LogP contribution is -2.53. The molecule has 7 nitrogen and oxygen atoms in total. The number of ether oxygens (including phenoxy) is 1. The van der Waals surface area contributed by atoms with Crippen LogP contribution in [0.25, 0.3) is 0 Å². The van der Waals surface area contributed by atoms with E-state index in [1.807, 2.05) is 6.92 Å². The molecule has 0 bridgehead atoms. The van der Waals surface area contributed by atoms with Crippen LogP contribution in [0.3, 0.4) is 0 Å². The molecule has 24 heavy (non-hydrogen) atoms. The van der Waals surface area contributed by atoms with E-state index in [0.717, 1.165) is 12.8 Å². The molecule has 130 valence electrons. The minimum Gasteiger partial charge on any atom is -0.479 e. The van der Waals surface area contributed by atoms with Gasteiger partial charge in [0, 0.05) is 24.4 Å². The Balaban J connectivity index is 2.22. The summed E-state index contributed by atoms with van der Waals surface area (Å²) in [4.78, 5) is 29.8. The molecule has 3 rings (SSSR count). The molecule has 1 aliphatic carbocycles. The zero-order valence-corrected chi connectivity index (χ0v) is 15.3. The van der Waals surface area contributed by atoms with Crippen LogP contribution in [0.4, 0.5) is 10.5 Å². The van der Waals surface area contributed by atoms with Gasteiger partial charge in [0.15, 0.2) is 0 Å². The lowest BCUT2D eigenvalue weighted by atomic mass is 9.80. The highest BCUT2D eigenvalue weighted by atomic mass is 79.9. The van der Waals surface area contributed by atoms with E-state index in [9.17, 15) is 14.7 Å². The van der Waals surface area contributed by atoms with Crippen molar-refractivity contribution in [2.75, 3.05) is 12.0 Å². The number of rotatable bonds is 3. The first kappa shape index (κ1) is 17.0. The quantitative estimate of drug-likeness (QED) is 0.764. The van der Waals surface area contributed by atoms with Gasteiger partial charge in [0.2, 0.25) is 11.8 Å². The minimum atomic E-state index is -1.09. The Morgan fingerprint density at radius 2 is 2.12 bits per heavy atom.